The molecule has 28 heavy (non-hydrogen) atoms. The summed E-state index contributed by atoms with van der Waals surface area (Å²) in [7, 11) is 0. The number of benzene rings is 1. The van der Waals surface area contributed by atoms with E-state index in [-0.39, 0.29) is 11.5 Å². The van der Waals surface area contributed by atoms with Crippen molar-refractivity contribution in [3.63, 3.8) is 0 Å². The molecule has 0 unspecified atom stereocenters. The lowest BCUT2D eigenvalue weighted by Gasteiger charge is -2.32. The summed E-state index contributed by atoms with van der Waals surface area (Å²) in [5, 5.41) is 0. The zero-order chi connectivity index (χ0) is 19.7. The van der Waals surface area contributed by atoms with Crippen LogP contribution in [0.5, 0.6) is 0 Å². The molecule has 1 saturated heterocycles. The molecule has 1 fully saturated rings. The third-order valence-corrected chi connectivity index (χ3v) is 5.54. The Hall–Kier alpha value is -3.09. The van der Waals surface area contributed by atoms with Gasteiger partial charge in [-0.1, -0.05) is 12.1 Å². The first kappa shape index (κ1) is 18.3. The molecule has 0 bridgehead atoms. The van der Waals surface area contributed by atoms with E-state index in [9.17, 15) is 9.59 Å². The third kappa shape index (κ3) is 3.52. The number of amides is 1. The van der Waals surface area contributed by atoms with Crippen LogP contribution in [0.1, 0.15) is 34.6 Å². The van der Waals surface area contributed by atoms with Gasteiger partial charge in [-0.05, 0) is 44.7 Å². The molecule has 1 aliphatic heterocycles. The number of fused-ring (bicyclic) bond motifs is 1. The van der Waals surface area contributed by atoms with Crippen molar-refractivity contribution in [2.75, 3.05) is 13.1 Å². The quantitative estimate of drug-likeness (QED) is 0.700. The predicted octanol–water partition coefficient (Wildman–Crippen LogP) is 2.36. The largest absolute Gasteiger partial charge is 0.337 e. The van der Waals surface area contributed by atoms with Crippen molar-refractivity contribution < 1.29 is 4.79 Å². The van der Waals surface area contributed by atoms with E-state index in [1.54, 1.807) is 17.1 Å². The number of piperidine rings is 1. The number of likely N-dealkylation sites (tertiary alicyclic amines) is 1. The Morgan fingerprint density at radius 1 is 1.11 bits per heavy atom. The van der Waals surface area contributed by atoms with Crippen molar-refractivity contribution in [1.29, 1.82) is 0 Å². The van der Waals surface area contributed by atoms with Crippen LogP contribution >= 0.6 is 0 Å². The van der Waals surface area contributed by atoms with E-state index < -0.39 is 0 Å². The van der Waals surface area contributed by atoms with Gasteiger partial charge < -0.3 is 4.90 Å². The highest BCUT2D eigenvalue weighted by molar-refractivity contribution is 5.93. The average molecular weight is 377 g/mol. The lowest BCUT2D eigenvalue weighted by molar-refractivity contribution is 0.0676. The molecule has 3 aromatic rings. The van der Waals surface area contributed by atoms with Crippen LogP contribution in [-0.2, 0) is 6.54 Å². The third-order valence-electron chi connectivity index (χ3n) is 5.54. The lowest BCUT2D eigenvalue weighted by atomic mass is 9.96. The van der Waals surface area contributed by atoms with Crippen LogP contribution in [0.25, 0.3) is 11.0 Å². The van der Waals surface area contributed by atoms with E-state index in [2.05, 4.69) is 15.0 Å². The molecule has 3 heterocycles. The summed E-state index contributed by atoms with van der Waals surface area (Å²) in [5.74, 6) is 0.273. The van der Waals surface area contributed by atoms with Crippen molar-refractivity contribution in [2.24, 2.45) is 5.92 Å². The number of carbonyl (C=O) groups is 1. The first-order chi connectivity index (χ1) is 13.5. The Balaban J connectivity index is 1.41. The molecule has 1 aliphatic rings. The maximum Gasteiger partial charge on any atom is 0.274 e. The normalized spacial score (nSPS) is 15.1. The van der Waals surface area contributed by atoms with Crippen molar-refractivity contribution in [3.05, 3.63) is 64.1 Å². The molecule has 1 amide bonds. The van der Waals surface area contributed by atoms with Gasteiger partial charge in [-0.25, -0.2) is 9.97 Å². The van der Waals surface area contributed by atoms with Gasteiger partial charge in [-0.3, -0.25) is 19.1 Å². The summed E-state index contributed by atoms with van der Waals surface area (Å²) in [5.41, 5.74) is 3.39. The first-order valence-electron chi connectivity index (χ1n) is 9.56. The van der Waals surface area contributed by atoms with Crippen LogP contribution < -0.4 is 5.56 Å². The Kier molecular flexibility index (Phi) is 4.90. The van der Waals surface area contributed by atoms with Gasteiger partial charge in [-0.15, -0.1) is 0 Å². The van der Waals surface area contributed by atoms with Crippen molar-refractivity contribution in [3.8, 4) is 0 Å². The van der Waals surface area contributed by atoms with Crippen LogP contribution in [0.3, 0.4) is 0 Å². The summed E-state index contributed by atoms with van der Waals surface area (Å²) < 4.78 is 1.69. The van der Waals surface area contributed by atoms with E-state index in [1.165, 1.54) is 0 Å². The number of hydrogen-bond donors (Lipinski definition) is 0. The highest BCUT2D eigenvalue weighted by Crippen LogP contribution is 2.20. The molecule has 144 valence electrons. The van der Waals surface area contributed by atoms with Crippen LogP contribution in [0, 0.1) is 19.8 Å². The highest BCUT2D eigenvalue weighted by atomic mass is 16.2. The molecule has 4 rings (SSSR count). The summed E-state index contributed by atoms with van der Waals surface area (Å²) >= 11 is 0. The second-order valence-corrected chi connectivity index (χ2v) is 7.39. The number of nitrogens with zero attached hydrogens (tertiary/aromatic N) is 5. The Morgan fingerprint density at radius 2 is 1.82 bits per heavy atom. The topological polar surface area (TPSA) is 81.0 Å². The zero-order valence-electron chi connectivity index (χ0n) is 16.1. The number of aryl methyl sites for hydroxylation is 1. The fourth-order valence-corrected chi connectivity index (χ4v) is 3.62. The van der Waals surface area contributed by atoms with E-state index in [0.717, 1.165) is 29.6 Å². The standard InChI is InChI=1S/C21H23N5O2/c1-14-15(2)23-13-26(20(14)27)12-16-7-9-25(10-8-16)21(28)19-11-22-17-5-3-4-6-18(17)24-19/h3-6,11,13,16H,7-10,12H2,1-2H3. The minimum Gasteiger partial charge on any atom is -0.337 e. The van der Waals surface area contributed by atoms with Gasteiger partial charge in [-0.2, -0.15) is 0 Å². The maximum absolute atomic E-state index is 12.8. The molecule has 0 spiro atoms. The van der Waals surface area contributed by atoms with Gasteiger partial charge in [0.25, 0.3) is 11.5 Å². The number of aromatic nitrogens is 4. The maximum atomic E-state index is 12.8. The Morgan fingerprint density at radius 3 is 2.57 bits per heavy atom. The van der Waals surface area contributed by atoms with Crippen molar-refractivity contribution >= 4 is 16.9 Å². The molecule has 2 aromatic heterocycles. The van der Waals surface area contributed by atoms with E-state index in [4.69, 9.17) is 0 Å². The number of hydrogen-bond acceptors (Lipinski definition) is 5. The molecular weight excluding hydrogens is 354 g/mol. The first-order valence-corrected chi connectivity index (χ1v) is 9.56. The number of para-hydroxylation sites is 2. The Bertz CT molecular complexity index is 1080. The van der Waals surface area contributed by atoms with Crippen molar-refractivity contribution in [2.45, 2.75) is 33.2 Å². The minimum absolute atomic E-state index is 0.0254. The Labute approximate surface area is 163 Å². The minimum atomic E-state index is -0.0817. The van der Waals surface area contributed by atoms with E-state index in [1.807, 2.05) is 43.0 Å². The van der Waals surface area contributed by atoms with Gasteiger partial charge in [0.05, 0.1) is 23.6 Å². The molecular formula is C21H23N5O2. The fourth-order valence-electron chi connectivity index (χ4n) is 3.62. The molecule has 0 saturated carbocycles. The van der Waals surface area contributed by atoms with Gasteiger partial charge in [0, 0.05) is 30.9 Å². The van der Waals surface area contributed by atoms with E-state index in [0.29, 0.717) is 36.8 Å². The predicted molar refractivity (Wildman–Crippen MR) is 106 cm³/mol. The lowest BCUT2D eigenvalue weighted by Crippen LogP contribution is -2.40. The van der Waals surface area contributed by atoms with Crippen molar-refractivity contribution in [1.82, 2.24) is 24.4 Å². The number of rotatable bonds is 3. The smallest absolute Gasteiger partial charge is 0.274 e. The summed E-state index contributed by atoms with van der Waals surface area (Å²) in [6.07, 6.45) is 4.89. The molecule has 7 heteroatoms. The average Bonchev–Trinajstić information content (AvgIpc) is 2.74. The second-order valence-electron chi connectivity index (χ2n) is 7.39. The van der Waals surface area contributed by atoms with Crippen LogP contribution in [0.15, 0.2) is 41.6 Å². The molecule has 0 radical (unpaired) electrons. The zero-order valence-corrected chi connectivity index (χ0v) is 16.1. The fraction of sp³-hybridized carbons (Fsp3) is 0.381. The molecule has 0 atom stereocenters. The monoisotopic (exact) mass is 377 g/mol. The van der Waals surface area contributed by atoms with Crippen LogP contribution in [0.4, 0.5) is 0 Å². The van der Waals surface area contributed by atoms with Gasteiger partial charge >= 0.3 is 0 Å². The van der Waals surface area contributed by atoms with Gasteiger partial charge in [0.1, 0.15) is 5.69 Å². The highest BCUT2D eigenvalue weighted by Gasteiger charge is 2.25. The van der Waals surface area contributed by atoms with Crippen LogP contribution in [0.2, 0.25) is 0 Å². The molecule has 0 aliphatic carbocycles. The molecule has 7 nitrogen and oxygen atoms in total. The van der Waals surface area contributed by atoms with E-state index >= 15 is 0 Å². The SMILES string of the molecule is Cc1ncn(CC2CCN(C(=O)c3cnc4ccccc4n3)CC2)c(=O)c1C. The van der Waals surface area contributed by atoms with Gasteiger partial charge in [0.2, 0.25) is 0 Å². The van der Waals surface area contributed by atoms with Crippen LogP contribution in [-0.4, -0.2) is 43.4 Å². The summed E-state index contributed by atoms with van der Waals surface area (Å²) in [6.45, 7) is 5.62. The molecule has 0 N–H and O–H groups in total. The molecule has 1 aromatic carbocycles. The summed E-state index contributed by atoms with van der Waals surface area (Å²) in [6, 6.07) is 7.53. The second kappa shape index (κ2) is 7.50. The summed E-state index contributed by atoms with van der Waals surface area (Å²) in [4.78, 5) is 40.1. The van der Waals surface area contributed by atoms with Gasteiger partial charge in [0.15, 0.2) is 0 Å². The number of carbonyl (C=O) groups excluding carboxylic acids is 1.